The van der Waals surface area contributed by atoms with E-state index in [1.54, 1.807) is 6.07 Å². The van der Waals surface area contributed by atoms with Crippen molar-refractivity contribution >= 4 is 27.5 Å². The summed E-state index contributed by atoms with van der Waals surface area (Å²) in [7, 11) is 0. The number of phenolic OH excluding ortho intramolecular Hbond substituents is 1. The smallest absolute Gasteiger partial charge is 0.305 e. The number of nitrogens with one attached hydrogen (secondary N) is 2. The molecule has 0 aliphatic carbocycles. The van der Waals surface area contributed by atoms with Crippen molar-refractivity contribution in [2.24, 2.45) is 0 Å². The summed E-state index contributed by atoms with van der Waals surface area (Å²) in [5, 5.41) is 27.7. The van der Waals surface area contributed by atoms with Crippen molar-refractivity contribution in [1.82, 2.24) is 25.3 Å². The van der Waals surface area contributed by atoms with Crippen molar-refractivity contribution in [2.45, 2.75) is 82.8 Å². The van der Waals surface area contributed by atoms with E-state index in [2.05, 4.69) is 20.4 Å². The molecule has 0 bridgehead atoms. The van der Waals surface area contributed by atoms with Gasteiger partial charge in [0.1, 0.15) is 17.0 Å². The van der Waals surface area contributed by atoms with Gasteiger partial charge in [0.15, 0.2) is 0 Å². The van der Waals surface area contributed by atoms with Crippen LogP contribution in [0, 0.1) is 6.92 Å². The molecular formula is C32H47N5O6S. The second kappa shape index (κ2) is 15.5. The van der Waals surface area contributed by atoms with E-state index in [4.69, 9.17) is 9.26 Å². The first-order valence-electron chi connectivity index (χ1n) is 16.1. The summed E-state index contributed by atoms with van der Waals surface area (Å²) in [6, 6.07) is 5.02. The average Bonchev–Trinajstić information content (AvgIpc) is 3.61. The van der Waals surface area contributed by atoms with Crippen molar-refractivity contribution in [3.05, 3.63) is 44.9 Å². The summed E-state index contributed by atoms with van der Waals surface area (Å²) < 4.78 is 12.1. The zero-order chi connectivity index (χ0) is 30.9. The SMILES string of the molecule is Cc1cc(CC(=O)N2CCOC3(CCN(CCCCCCCCCNCC(O)c4ccc(O)c5[nH]c(=O)sc45)CC3)C2)on1. The van der Waals surface area contributed by atoms with Crippen LogP contribution >= 0.6 is 11.3 Å². The molecule has 2 saturated heterocycles. The Bertz CT molecular complexity index is 1410. The van der Waals surface area contributed by atoms with E-state index >= 15 is 0 Å². The molecule has 1 spiro atoms. The lowest BCUT2D eigenvalue weighted by atomic mass is 9.89. The molecule has 4 N–H and O–H groups in total. The molecule has 0 radical (unpaired) electrons. The average molecular weight is 630 g/mol. The van der Waals surface area contributed by atoms with E-state index in [1.807, 2.05) is 17.9 Å². The third-order valence-corrected chi connectivity index (χ3v) is 9.91. The summed E-state index contributed by atoms with van der Waals surface area (Å²) >= 11 is 1.01. The van der Waals surface area contributed by atoms with Gasteiger partial charge in [-0.2, -0.15) is 0 Å². The topological polar surface area (TPSA) is 144 Å². The number of aromatic amines is 1. The van der Waals surface area contributed by atoms with Crippen LogP contribution in [0.2, 0.25) is 0 Å². The van der Waals surface area contributed by atoms with Gasteiger partial charge in [0.2, 0.25) is 5.91 Å². The third kappa shape index (κ3) is 8.69. The number of morpholine rings is 1. The van der Waals surface area contributed by atoms with E-state index in [-0.39, 0.29) is 28.6 Å². The van der Waals surface area contributed by atoms with Crippen molar-refractivity contribution in [1.29, 1.82) is 0 Å². The number of aromatic nitrogens is 2. The molecule has 0 saturated carbocycles. The number of carbonyl (C=O) groups is 1. The number of benzene rings is 1. The Balaban J connectivity index is 0.878. The van der Waals surface area contributed by atoms with Crippen LogP contribution in [0.3, 0.4) is 0 Å². The van der Waals surface area contributed by atoms with Crippen LogP contribution in [0.25, 0.3) is 10.2 Å². The monoisotopic (exact) mass is 629 g/mol. The molecule has 2 fully saturated rings. The number of thiazole rings is 1. The highest BCUT2D eigenvalue weighted by Gasteiger charge is 2.40. The van der Waals surface area contributed by atoms with Gasteiger partial charge >= 0.3 is 4.87 Å². The normalized spacial score (nSPS) is 17.9. The minimum atomic E-state index is -0.732. The van der Waals surface area contributed by atoms with Gasteiger partial charge in [-0.05, 0) is 51.8 Å². The van der Waals surface area contributed by atoms with E-state index in [9.17, 15) is 19.8 Å². The minimum absolute atomic E-state index is 0.0229. The fraction of sp³-hybridized carbons (Fsp3) is 0.656. The number of aryl methyl sites for hydroxylation is 1. The van der Waals surface area contributed by atoms with Gasteiger partial charge in [-0.1, -0.05) is 54.7 Å². The Kier molecular flexibility index (Phi) is 11.5. The van der Waals surface area contributed by atoms with Gasteiger partial charge < -0.3 is 39.6 Å². The summed E-state index contributed by atoms with van der Waals surface area (Å²) in [4.78, 5) is 31.4. The number of carbonyl (C=O) groups excluding carboxylic acids is 1. The highest BCUT2D eigenvalue weighted by molar-refractivity contribution is 7.16. The van der Waals surface area contributed by atoms with Gasteiger partial charge in [-0.15, -0.1) is 0 Å². The van der Waals surface area contributed by atoms with Gasteiger partial charge in [0.05, 0.1) is 35.1 Å². The highest BCUT2D eigenvalue weighted by atomic mass is 32.1. The molecular weight excluding hydrogens is 582 g/mol. The number of unbranched alkanes of at least 4 members (excludes halogenated alkanes) is 6. The maximum absolute atomic E-state index is 12.8. The number of aromatic hydroxyl groups is 1. The number of amides is 1. The quantitative estimate of drug-likeness (QED) is 0.184. The van der Waals surface area contributed by atoms with Crippen LogP contribution in [-0.4, -0.2) is 94.1 Å². The maximum Gasteiger partial charge on any atom is 0.305 e. The maximum atomic E-state index is 12.8. The second-order valence-corrected chi connectivity index (χ2v) is 13.4. The lowest BCUT2D eigenvalue weighted by Gasteiger charge is -2.47. The second-order valence-electron chi connectivity index (χ2n) is 12.4. The lowest BCUT2D eigenvalue weighted by molar-refractivity contribution is -0.159. The van der Waals surface area contributed by atoms with Gasteiger partial charge in [0, 0.05) is 44.4 Å². The largest absolute Gasteiger partial charge is 0.506 e. The number of ether oxygens (including phenoxy) is 1. The van der Waals surface area contributed by atoms with Crippen molar-refractivity contribution in [2.75, 3.05) is 52.4 Å². The van der Waals surface area contributed by atoms with Gasteiger partial charge in [-0.3, -0.25) is 9.59 Å². The first kappa shape index (κ1) is 32.6. The number of H-pyrrole nitrogens is 1. The zero-order valence-corrected chi connectivity index (χ0v) is 26.6. The summed E-state index contributed by atoms with van der Waals surface area (Å²) in [5.41, 5.74) is 1.64. The van der Waals surface area contributed by atoms with E-state index in [1.165, 1.54) is 38.2 Å². The Morgan fingerprint density at radius 3 is 2.64 bits per heavy atom. The van der Waals surface area contributed by atoms with E-state index in [0.29, 0.717) is 47.8 Å². The van der Waals surface area contributed by atoms with Crippen molar-refractivity contribution in [3.8, 4) is 5.75 Å². The number of nitrogens with zero attached hydrogens (tertiary/aromatic N) is 3. The fourth-order valence-electron chi connectivity index (χ4n) is 6.42. The van der Waals surface area contributed by atoms with Gasteiger partial charge in [-0.25, -0.2) is 0 Å². The summed E-state index contributed by atoms with van der Waals surface area (Å²) in [6.45, 7) is 8.20. The number of likely N-dealkylation sites (tertiary alicyclic amines) is 1. The predicted molar refractivity (Wildman–Crippen MR) is 170 cm³/mol. The van der Waals surface area contributed by atoms with Crippen molar-refractivity contribution in [3.63, 3.8) is 0 Å². The minimum Gasteiger partial charge on any atom is -0.506 e. The van der Waals surface area contributed by atoms with Crippen LogP contribution < -0.4 is 10.2 Å². The Hall–Kier alpha value is -2.77. The lowest BCUT2D eigenvalue weighted by Crippen LogP contribution is -2.58. The molecule has 12 heteroatoms. The van der Waals surface area contributed by atoms with Crippen LogP contribution in [0.15, 0.2) is 27.5 Å². The highest BCUT2D eigenvalue weighted by Crippen LogP contribution is 2.32. The molecule has 1 aromatic carbocycles. The molecule has 4 heterocycles. The van der Waals surface area contributed by atoms with Crippen LogP contribution in [0.5, 0.6) is 5.75 Å². The summed E-state index contributed by atoms with van der Waals surface area (Å²) in [6.07, 6.45) is 9.88. The van der Waals surface area contributed by atoms with Crippen molar-refractivity contribution < 1.29 is 24.3 Å². The predicted octanol–water partition coefficient (Wildman–Crippen LogP) is 3.88. The molecule has 2 aliphatic heterocycles. The summed E-state index contributed by atoms with van der Waals surface area (Å²) in [5.74, 6) is 0.737. The first-order chi connectivity index (χ1) is 21.3. The first-order valence-corrected chi connectivity index (χ1v) is 16.9. The molecule has 1 atom stereocenters. The standard InChI is InChI=1S/C32H47N5O6S/c1-23-19-24(43-35-23)20-28(40)37-17-18-42-32(22-37)11-15-36(16-12-32)14-8-6-4-2-3-5-7-13-33-21-27(39)25-9-10-26(38)29-30(25)44-31(41)34-29/h9-10,19,27,33,38-39H,2-8,11-18,20-22H2,1H3,(H,34,41). The number of fused-ring (bicyclic) bond motifs is 1. The van der Waals surface area contributed by atoms with E-state index in [0.717, 1.165) is 68.9 Å². The number of phenols is 1. The molecule has 1 amide bonds. The zero-order valence-electron chi connectivity index (χ0n) is 25.8. The number of hydrogen-bond donors (Lipinski definition) is 4. The Morgan fingerprint density at radius 1 is 1.14 bits per heavy atom. The van der Waals surface area contributed by atoms with Crippen LogP contribution in [-0.2, 0) is 16.0 Å². The Labute approximate surface area is 262 Å². The molecule has 5 rings (SSSR count). The molecule has 1 unspecified atom stereocenters. The third-order valence-electron chi connectivity index (χ3n) is 8.98. The number of aliphatic hydroxyl groups excluding tert-OH is 1. The number of piperidine rings is 1. The fourth-order valence-corrected chi connectivity index (χ4v) is 7.34. The van der Waals surface area contributed by atoms with Crippen LogP contribution in [0.4, 0.5) is 0 Å². The van der Waals surface area contributed by atoms with Gasteiger partial charge in [0.25, 0.3) is 0 Å². The molecule has 2 aliphatic rings. The number of rotatable bonds is 15. The number of aliphatic hydroxyl groups is 1. The molecule has 242 valence electrons. The number of hydrogen-bond acceptors (Lipinski definition) is 10. The van der Waals surface area contributed by atoms with Crippen LogP contribution in [0.1, 0.15) is 80.9 Å². The molecule has 11 nitrogen and oxygen atoms in total. The molecule has 3 aromatic rings. The molecule has 44 heavy (non-hydrogen) atoms. The molecule has 2 aromatic heterocycles. The Morgan fingerprint density at radius 2 is 1.89 bits per heavy atom. The van der Waals surface area contributed by atoms with E-state index < -0.39 is 6.10 Å².